The predicted molar refractivity (Wildman–Crippen MR) is 79.9 cm³/mol. The maximum atomic E-state index is 12.9. The van der Waals surface area contributed by atoms with Crippen LogP contribution >= 0.6 is 0 Å². The van der Waals surface area contributed by atoms with E-state index in [0.717, 1.165) is 4.90 Å². The lowest BCUT2D eigenvalue weighted by Gasteiger charge is -2.25. The summed E-state index contributed by atoms with van der Waals surface area (Å²) in [7, 11) is 0. The van der Waals surface area contributed by atoms with Crippen LogP contribution in [0.15, 0.2) is 36.4 Å². The summed E-state index contributed by atoms with van der Waals surface area (Å²) in [5.41, 5.74) is -1.24. The SMILES string of the molecule is C[C@@]12C=C[C@](C)(O1)[C@H]1C(=O)N(c3cccc(C(=O)O)c3)C(=O)[C@H]12. The molecule has 0 aliphatic carbocycles. The second kappa shape index (κ2) is 4.08. The zero-order valence-electron chi connectivity index (χ0n) is 12.6. The lowest BCUT2D eigenvalue weighted by atomic mass is 9.73. The summed E-state index contributed by atoms with van der Waals surface area (Å²) in [6.45, 7) is 3.61. The average molecular weight is 313 g/mol. The Morgan fingerprint density at radius 3 is 2.22 bits per heavy atom. The monoisotopic (exact) mass is 313 g/mol. The number of carbonyl (C=O) groups excluding carboxylic acids is 2. The van der Waals surface area contributed by atoms with Crippen LogP contribution in [-0.2, 0) is 14.3 Å². The van der Waals surface area contributed by atoms with Gasteiger partial charge in [0.2, 0.25) is 11.8 Å². The fraction of sp³-hybridized carbons (Fsp3) is 0.353. The Balaban J connectivity index is 1.79. The predicted octanol–water partition coefficient (Wildman–Crippen LogP) is 1.61. The molecule has 2 fully saturated rings. The molecule has 2 bridgehead atoms. The summed E-state index contributed by atoms with van der Waals surface area (Å²) in [5.74, 6) is -2.91. The van der Waals surface area contributed by atoms with E-state index in [4.69, 9.17) is 9.84 Å². The number of fused-ring (bicyclic) bond motifs is 5. The number of nitrogens with zero attached hydrogens (tertiary/aromatic N) is 1. The highest BCUT2D eigenvalue weighted by atomic mass is 16.5. The van der Waals surface area contributed by atoms with Gasteiger partial charge in [-0.25, -0.2) is 9.69 Å². The summed E-state index contributed by atoms with van der Waals surface area (Å²) in [4.78, 5) is 37.9. The van der Waals surface area contributed by atoms with Crippen LogP contribution in [0.3, 0.4) is 0 Å². The minimum atomic E-state index is -1.10. The third-order valence-electron chi connectivity index (χ3n) is 5.08. The van der Waals surface area contributed by atoms with Gasteiger partial charge < -0.3 is 9.84 Å². The first-order valence-corrected chi connectivity index (χ1v) is 7.39. The number of imide groups is 1. The molecule has 23 heavy (non-hydrogen) atoms. The molecule has 3 heterocycles. The van der Waals surface area contributed by atoms with Gasteiger partial charge in [0.15, 0.2) is 0 Å². The van der Waals surface area contributed by atoms with Crippen molar-refractivity contribution in [1.82, 2.24) is 0 Å². The molecule has 0 saturated carbocycles. The molecule has 4 rings (SSSR count). The Bertz CT molecular complexity index is 764. The minimum Gasteiger partial charge on any atom is -0.478 e. The van der Waals surface area contributed by atoms with E-state index >= 15 is 0 Å². The summed E-state index contributed by atoms with van der Waals surface area (Å²) >= 11 is 0. The van der Waals surface area contributed by atoms with E-state index in [2.05, 4.69) is 0 Å². The molecule has 0 unspecified atom stereocenters. The Labute approximate surface area is 132 Å². The smallest absolute Gasteiger partial charge is 0.335 e. The number of hydrogen-bond donors (Lipinski definition) is 1. The number of aromatic carboxylic acids is 1. The van der Waals surface area contributed by atoms with Crippen molar-refractivity contribution >= 4 is 23.5 Å². The van der Waals surface area contributed by atoms with Gasteiger partial charge in [0.05, 0.1) is 34.3 Å². The van der Waals surface area contributed by atoms with Crippen molar-refractivity contribution in [1.29, 1.82) is 0 Å². The standard InChI is InChI=1S/C17H15NO5/c1-16-6-7-17(2,23-16)12-11(16)13(19)18(14(12)20)10-5-3-4-9(8-10)15(21)22/h3-8,11-12H,1-2H3,(H,21,22)/t11-,12+,16-,17-/m0/s1. The fourth-order valence-electron chi connectivity index (χ4n) is 4.06. The molecule has 0 aromatic heterocycles. The van der Waals surface area contributed by atoms with E-state index in [1.165, 1.54) is 18.2 Å². The number of rotatable bonds is 2. The first-order chi connectivity index (χ1) is 10.8. The van der Waals surface area contributed by atoms with E-state index in [9.17, 15) is 14.4 Å². The van der Waals surface area contributed by atoms with E-state index in [0.29, 0.717) is 5.69 Å². The zero-order chi connectivity index (χ0) is 16.6. The molecule has 2 amide bonds. The van der Waals surface area contributed by atoms with Gasteiger partial charge in [0.1, 0.15) is 0 Å². The number of anilines is 1. The summed E-state index contributed by atoms with van der Waals surface area (Å²) in [6.07, 6.45) is 3.69. The number of benzene rings is 1. The Morgan fingerprint density at radius 1 is 1.13 bits per heavy atom. The molecule has 3 aliphatic rings. The van der Waals surface area contributed by atoms with Crippen molar-refractivity contribution in [3.63, 3.8) is 0 Å². The highest BCUT2D eigenvalue weighted by molar-refractivity contribution is 6.23. The maximum Gasteiger partial charge on any atom is 0.335 e. The summed E-state index contributed by atoms with van der Waals surface area (Å²) < 4.78 is 5.93. The number of ether oxygens (including phenoxy) is 1. The van der Waals surface area contributed by atoms with Crippen LogP contribution in [0.4, 0.5) is 5.69 Å². The van der Waals surface area contributed by atoms with Crippen LogP contribution in [0.1, 0.15) is 24.2 Å². The van der Waals surface area contributed by atoms with Crippen LogP contribution in [-0.4, -0.2) is 34.1 Å². The van der Waals surface area contributed by atoms with Gasteiger partial charge >= 0.3 is 5.97 Å². The van der Waals surface area contributed by atoms with Crippen molar-refractivity contribution in [2.24, 2.45) is 11.8 Å². The minimum absolute atomic E-state index is 0.0370. The molecule has 0 spiro atoms. The van der Waals surface area contributed by atoms with Crippen molar-refractivity contribution in [2.75, 3.05) is 4.90 Å². The number of amides is 2. The third-order valence-corrected chi connectivity index (χ3v) is 5.08. The van der Waals surface area contributed by atoms with Crippen LogP contribution in [0.2, 0.25) is 0 Å². The zero-order valence-corrected chi connectivity index (χ0v) is 12.6. The Kier molecular flexibility index (Phi) is 2.51. The maximum absolute atomic E-state index is 12.9. The lowest BCUT2D eigenvalue weighted by Crippen LogP contribution is -2.39. The van der Waals surface area contributed by atoms with Crippen LogP contribution in [0, 0.1) is 11.8 Å². The number of carbonyl (C=O) groups is 3. The van der Waals surface area contributed by atoms with Gasteiger partial charge in [-0.15, -0.1) is 0 Å². The van der Waals surface area contributed by atoms with Gasteiger partial charge in [-0.3, -0.25) is 9.59 Å². The lowest BCUT2D eigenvalue weighted by molar-refractivity contribution is -0.128. The summed E-state index contributed by atoms with van der Waals surface area (Å²) in [6, 6.07) is 5.87. The Hall–Kier alpha value is -2.47. The molecule has 3 aliphatic heterocycles. The van der Waals surface area contributed by atoms with Gasteiger partial charge in [-0.1, -0.05) is 18.2 Å². The van der Waals surface area contributed by atoms with Crippen molar-refractivity contribution < 1.29 is 24.2 Å². The number of hydrogen-bond acceptors (Lipinski definition) is 4. The van der Waals surface area contributed by atoms with Gasteiger partial charge in [-0.05, 0) is 32.0 Å². The fourth-order valence-corrected chi connectivity index (χ4v) is 4.06. The van der Waals surface area contributed by atoms with Crippen molar-refractivity contribution in [3.8, 4) is 0 Å². The van der Waals surface area contributed by atoms with Crippen molar-refractivity contribution in [2.45, 2.75) is 25.0 Å². The van der Waals surface area contributed by atoms with Gasteiger partial charge in [0, 0.05) is 0 Å². The molecule has 1 aromatic carbocycles. The van der Waals surface area contributed by atoms with E-state index < -0.39 is 29.0 Å². The highest BCUT2D eigenvalue weighted by Gasteiger charge is 2.70. The molecule has 4 atom stereocenters. The topological polar surface area (TPSA) is 83.9 Å². The molecule has 6 nitrogen and oxygen atoms in total. The first-order valence-electron chi connectivity index (χ1n) is 7.39. The molecule has 6 heteroatoms. The molecule has 1 N–H and O–H groups in total. The van der Waals surface area contributed by atoms with Crippen LogP contribution in [0.25, 0.3) is 0 Å². The number of carboxylic acids is 1. The molecule has 0 radical (unpaired) electrons. The molecular weight excluding hydrogens is 298 g/mol. The highest BCUT2D eigenvalue weighted by Crippen LogP contribution is 2.57. The van der Waals surface area contributed by atoms with Crippen molar-refractivity contribution in [3.05, 3.63) is 42.0 Å². The average Bonchev–Trinajstić information content (AvgIpc) is 3.04. The van der Waals surface area contributed by atoms with E-state index in [1.54, 1.807) is 6.07 Å². The number of carboxylic acid groups (broad SMARTS) is 1. The second-order valence-electron chi connectivity index (χ2n) is 6.63. The van der Waals surface area contributed by atoms with Gasteiger partial charge in [-0.2, -0.15) is 0 Å². The summed E-state index contributed by atoms with van der Waals surface area (Å²) in [5, 5.41) is 9.10. The molecule has 1 aromatic rings. The quantitative estimate of drug-likeness (QED) is 0.662. The first kappa shape index (κ1) is 14.1. The Morgan fingerprint density at radius 2 is 1.70 bits per heavy atom. The largest absolute Gasteiger partial charge is 0.478 e. The normalized spacial score (nSPS) is 37.6. The van der Waals surface area contributed by atoms with E-state index in [-0.39, 0.29) is 17.4 Å². The van der Waals surface area contributed by atoms with Gasteiger partial charge in [0.25, 0.3) is 0 Å². The second-order valence-corrected chi connectivity index (χ2v) is 6.63. The van der Waals surface area contributed by atoms with Crippen LogP contribution < -0.4 is 4.90 Å². The molecule has 2 saturated heterocycles. The molecule has 118 valence electrons. The third kappa shape index (κ3) is 1.64. The van der Waals surface area contributed by atoms with E-state index in [1.807, 2.05) is 26.0 Å². The molecular formula is C17H15NO5. The van der Waals surface area contributed by atoms with Crippen LogP contribution in [0.5, 0.6) is 0 Å².